The first-order valence-electron chi connectivity index (χ1n) is 15.9. The van der Waals surface area contributed by atoms with Crippen molar-refractivity contribution >= 4 is 44.4 Å². The molecule has 1 aromatic heterocycles. The molecule has 2 saturated heterocycles. The SMILES string of the molecule is CC(C)[C@@H]1CC[C@@H](C)CC(=O)N[C@H](Cc2c[nH]c3ccccc23)C(=O)N2C[C@H](NC(=O)c3cccc(S(C)(=O)=O)c3)C[C@H]2C(=O)N1. The van der Waals surface area contributed by atoms with E-state index in [4.69, 9.17) is 0 Å². The average molecular weight is 650 g/mol. The zero-order valence-electron chi connectivity index (χ0n) is 26.7. The summed E-state index contributed by atoms with van der Waals surface area (Å²) in [4.78, 5) is 59.6. The van der Waals surface area contributed by atoms with Gasteiger partial charge < -0.3 is 25.8 Å². The largest absolute Gasteiger partial charge is 0.361 e. The fourth-order valence-corrected chi connectivity index (χ4v) is 7.14. The Kier molecular flexibility index (Phi) is 9.85. The van der Waals surface area contributed by atoms with Gasteiger partial charge in [-0.05, 0) is 60.9 Å². The average Bonchev–Trinajstić information content (AvgIpc) is 3.62. The number of aromatic amines is 1. The van der Waals surface area contributed by atoms with E-state index in [1.165, 1.54) is 29.2 Å². The Morgan fingerprint density at radius 3 is 2.54 bits per heavy atom. The Balaban J connectivity index is 1.45. The Morgan fingerprint density at radius 1 is 1.04 bits per heavy atom. The number of aromatic nitrogens is 1. The van der Waals surface area contributed by atoms with E-state index in [1.54, 1.807) is 0 Å². The van der Waals surface area contributed by atoms with Crippen molar-refractivity contribution in [1.82, 2.24) is 25.8 Å². The lowest BCUT2D eigenvalue weighted by molar-refractivity contribution is -0.141. The van der Waals surface area contributed by atoms with Gasteiger partial charge in [0.15, 0.2) is 9.84 Å². The van der Waals surface area contributed by atoms with Crippen LogP contribution >= 0.6 is 0 Å². The van der Waals surface area contributed by atoms with Gasteiger partial charge in [0.05, 0.1) is 4.90 Å². The molecule has 0 bridgehead atoms. The molecule has 46 heavy (non-hydrogen) atoms. The zero-order chi connectivity index (χ0) is 33.2. The number of fused-ring (bicyclic) bond motifs is 2. The van der Waals surface area contributed by atoms with Gasteiger partial charge in [0, 0.05) is 60.4 Å². The second-order valence-corrected chi connectivity index (χ2v) is 15.2. The van der Waals surface area contributed by atoms with Gasteiger partial charge in [-0.25, -0.2) is 8.42 Å². The third kappa shape index (κ3) is 7.60. The minimum atomic E-state index is -3.53. The topological polar surface area (TPSA) is 158 Å². The molecule has 0 saturated carbocycles. The number of H-pyrrole nitrogens is 1. The summed E-state index contributed by atoms with van der Waals surface area (Å²) < 4.78 is 24.1. The fraction of sp³-hybridized carbons (Fsp3) is 0.471. The summed E-state index contributed by atoms with van der Waals surface area (Å²) in [6, 6.07) is 10.9. The highest BCUT2D eigenvalue weighted by atomic mass is 32.2. The molecular formula is C34H43N5O6S. The quantitative estimate of drug-likeness (QED) is 0.322. The van der Waals surface area contributed by atoms with Crippen molar-refractivity contribution in [3.63, 3.8) is 0 Å². The fourth-order valence-electron chi connectivity index (χ4n) is 6.48. The predicted octanol–water partition coefficient (Wildman–Crippen LogP) is 2.96. The number of nitrogens with zero attached hydrogens (tertiary/aromatic N) is 1. The van der Waals surface area contributed by atoms with E-state index >= 15 is 0 Å². The molecule has 0 spiro atoms. The van der Waals surface area contributed by atoms with Crippen LogP contribution in [0, 0.1) is 11.8 Å². The number of para-hydroxylation sites is 1. The second-order valence-electron chi connectivity index (χ2n) is 13.1. The minimum Gasteiger partial charge on any atom is -0.361 e. The number of carbonyl (C=O) groups is 4. The monoisotopic (exact) mass is 649 g/mol. The molecule has 2 aromatic carbocycles. The van der Waals surface area contributed by atoms with E-state index < -0.39 is 39.8 Å². The number of sulfone groups is 1. The van der Waals surface area contributed by atoms with Gasteiger partial charge in [0.25, 0.3) is 5.91 Å². The van der Waals surface area contributed by atoms with Gasteiger partial charge in [0.2, 0.25) is 17.7 Å². The molecule has 4 amide bonds. The number of rotatable bonds is 6. The highest BCUT2D eigenvalue weighted by Gasteiger charge is 2.43. The molecule has 12 heteroatoms. The summed E-state index contributed by atoms with van der Waals surface area (Å²) in [5.74, 6) is -1.24. The standard InChI is InChI=1S/C34H43N5O6S/c1-20(2)27-13-12-21(3)14-31(40)37-29(16-23-18-35-28-11-6-5-10-26(23)28)34(43)39-19-24(17-30(39)33(42)38-27)36-32(41)22-8-7-9-25(15-22)46(4,44)45/h5-11,15,18,20-21,24,27,29-30,35H,12-14,16-17,19H2,1-4H3,(H,36,41)(H,37,40)(H,38,42)/t21-,24-,27+,29-,30+/m1/s1. The summed E-state index contributed by atoms with van der Waals surface area (Å²) in [5, 5.41) is 10.0. The molecule has 0 unspecified atom stereocenters. The molecule has 246 valence electrons. The van der Waals surface area contributed by atoms with Crippen LogP contribution in [0.2, 0.25) is 0 Å². The van der Waals surface area contributed by atoms with Crippen LogP contribution < -0.4 is 16.0 Å². The second kappa shape index (κ2) is 13.7. The van der Waals surface area contributed by atoms with Crippen molar-refractivity contribution in [1.29, 1.82) is 0 Å². The smallest absolute Gasteiger partial charge is 0.251 e. The van der Waals surface area contributed by atoms with Crippen LogP contribution in [0.25, 0.3) is 10.9 Å². The Hall–Kier alpha value is -4.19. The van der Waals surface area contributed by atoms with E-state index in [-0.39, 0.29) is 66.0 Å². The molecule has 0 aliphatic carbocycles. The van der Waals surface area contributed by atoms with Crippen molar-refractivity contribution in [3.8, 4) is 0 Å². The number of hydrogen-bond donors (Lipinski definition) is 4. The molecule has 3 heterocycles. The molecule has 2 fully saturated rings. The Morgan fingerprint density at radius 2 is 1.80 bits per heavy atom. The van der Waals surface area contributed by atoms with Crippen molar-refractivity contribution in [3.05, 3.63) is 65.9 Å². The van der Waals surface area contributed by atoms with Gasteiger partial charge >= 0.3 is 0 Å². The summed E-state index contributed by atoms with van der Waals surface area (Å²) in [6.07, 6.45) is 4.98. The normalized spacial score (nSPS) is 24.8. The minimum absolute atomic E-state index is 0.0204. The van der Waals surface area contributed by atoms with Crippen molar-refractivity contribution < 1.29 is 27.6 Å². The van der Waals surface area contributed by atoms with Crippen LogP contribution in [0.1, 0.15) is 62.4 Å². The van der Waals surface area contributed by atoms with Crippen LogP contribution in [-0.4, -0.2) is 78.9 Å². The highest BCUT2D eigenvalue weighted by molar-refractivity contribution is 7.90. The van der Waals surface area contributed by atoms with Gasteiger partial charge in [0.1, 0.15) is 12.1 Å². The van der Waals surface area contributed by atoms with Crippen molar-refractivity contribution in [2.24, 2.45) is 11.8 Å². The van der Waals surface area contributed by atoms with Crippen LogP contribution in [0.3, 0.4) is 0 Å². The molecule has 5 atom stereocenters. The van der Waals surface area contributed by atoms with E-state index in [1.807, 2.05) is 51.2 Å². The third-order valence-corrected chi connectivity index (χ3v) is 10.2. The first-order chi connectivity index (χ1) is 21.8. The van der Waals surface area contributed by atoms with Gasteiger partial charge in [-0.3, -0.25) is 19.2 Å². The number of hydrogen-bond acceptors (Lipinski definition) is 6. The molecule has 11 nitrogen and oxygen atoms in total. The van der Waals surface area contributed by atoms with Gasteiger partial charge in [-0.1, -0.05) is 45.0 Å². The Bertz CT molecular complexity index is 1730. The summed E-state index contributed by atoms with van der Waals surface area (Å²) in [5.41, 5.74) is 1.94. The number of amides is 4. The molecule has 3 aromatic rings. The summed E-state index contributed by atoms with van der Waals surface area (Å²) >= 11 is 0. The molecule has 4 N–H and O–H groups in total. The highest BCUT2D eigenvalue weighted by Crippen LogP contribution is 2.26. The zero-order valence-corrected chi connectivity index (χ0v) is 27.5. The molecule has 2 aliphatic rings. The van der Waals surface area contributed by atoms with Crippen molar-refractivity contribution in [2.75, 3.05) is 12.8 Å². The van der Waals surface area contributed by atoms with Gasteiger partial charge in [-0.15, -0.1) is 0 Å². The maximum atomic E-state index is 14.4. The first-order valence-corrected chi connectivity index (χ1v) is 17.8. The van der Waals surface area contributed by atoms with E-state index in [9.17, 15) is 27.6 Å². The van der Waals surface area contributed by atoms with E-state index in [2.05, 4.69) is 20.9 Å². The first kappa shape index (κ1) is 33.2. The maximum Gasteiger partial charge on any atom is 0.251 e. The lowest BCUT2D eigenvalue weighted by Crippen LogP contribution is -2.55. The lowest BCUT2D eigenvalue weighted by atomic mass is 9.92. The van der Waals surface area contributed by atoms with E-state index in [0.29, 0.717) is 6.42 Å². The summed E-state index contributed by atoms with van der Waals surface area (Å²) in [7, 11) is -3.53. The lowest BCUT2D eigenvalue weighted by Gasteiger charge is -2.30. The van der Waals surface area contributed by atoms with Crippen molar-refractivity contribution in [2.45, 2.75) is 81.9 Å². The van der Waals surface area contributed by atoms with E-state index in [0.717, 1.165) is 29.1 Å². The summed E-state index contributed by atoms with van der Waals surface area (Å²) in [6.45, 7) is 6.12. The Labute approximate surface area is 269 Å². The third-order valence-electron chi connectivity index (χ3n) is 9.12. The number of nitrogens with one attached hydrogen (secondary N) is 4. The number of benzene rings is 2. The van der Waals surface area contributed by atoms with Crippen LogP contribution in [0.5, 0.6) is 0 Å². The van der Waals surface area contributed by atoms with Gasteiger partial charge in [-0.2, -0.15) is 0 Å². The molecule has 0 radical (unpaired) electrons. The predicted molar refractivity (Wildman–Crippen MR) is 175 cm³/mol. The molecule has 5 rings (SSSR count). The maximum absolute atomic E-state index is 14.4. The molecule has 2 aliphatic heterocycles. The number of carbonyl (C=O) groups excluding carboxylic acids is 4. The molecular weight excluding hydrogens is 606 g/mol. The van der Waals surface area contributed by atoms with Crippen LogP contribution in [0.15, 0.2) is 59.6 Å². The van der Waals surface area contributed by atoms with Crippen LogP contribution in [0.4, 0.5) is 0 Å². The van der Waals surface area contributed by atoms with Crippen LogP contribution in [-0.2, 0) is 30.6 Å².